The second kappa shape index (κ2) is 9.39. The number of aromatic nitrogens is 2. The van der Waals surface area contributed by atoms with E-state index in [0.29, 0.717) is 17.8 Å². The Morgan fingerprint density at radius 1 is 1.00 bits per heavy atom. The molecule has 0 fully saturated rings. The molecule has 4 rings (SSSR count). The van der Waals surface area contributed by atoms with Crippen LogP contribution in [-0.2, 0) is 6.42 Å². The number of ether oxygens (including phenoxy) is 1. The fourth-order valence-corrected chi connectivity index (χ4v) is 3.59. The summed E-state index contributed by atoms with van der Waals surface area (Å²) in [6, 6.07) is 24.2. The minimum Gasteiger partial charge on any atom is -0.508 e. The van der Waals surface area contributed by atoms with Gasteiger partial charge in [-0.05, 0) is 55.3 Å². The van der Waals surface area contributed by atoms with Crippen LogP contribution < -0.4 is 10.3 Å². The van der Waals surface area contributed by atoms with Crippen molar-refractivity contribution < 1.29 is 9.84 Å². The average molecular weight is 428 g/mol. The quantitative estimate of drug-likeness (QED) is 0.423. The molecule has 0 aliphatic carbocycles. The molecule has 4 aromatic rings. The van der Waals surface area contributed by atoms with Crippen LogP contribution >= 0.6 is 0 Å². The summed E-state index contributed by atoms with van der Waals surface area (Å²) in [5.41, 5.74) is 4.52. The number of phenolic OH excluding ortho intramolecular Hbond substituents is 1. The highest BCUT2D eigenvalue weighted by Crippen LogP contribution is 2.22. The van der Waals surface area contributed by atoms with Crippen LogP contribution in [0, 0.1) is 0 Å². The molecule has 0 atom stereocenters. The van der Waals surface area contributed by atoms with Crippen molar-refractivity contribution >= 4 is 5.71 Å². The molecule has 0 saturated heterocycles. The highest BCUT2D eigenvalue weighted by atomic mass is 16.5. The number of aliphatic imine (C=N–C) groups is 1. The third kappa shape index (κ3) is 4.49. The van der Waals surface area contributed by atoms with Gasteiger partial charge in [-0.1, -0.05) is 42.5 Å². The van der Waals surface area contributed by atoms with Crippen LogP contribution in [0.25, 0.3) is 16.9 Å². The molecule has 0 spiro atoms. The topological polar surface area (TPSA) is 79.6 Å². The summed E-state index contributed by atoms with van der Waals surface area (Å²) in [5, 5.41) is 12.7. The lowest BCUT2D eigenvalue weighted by atomic mass is 10.1. The van der Waals surface area contributed by atoms with Gasteiger partial charge in [0.15, 0.2) is 0 Å². The lowest BCUT2D eigenvalue weighted by Gasteiger charge is -2.04. The van der Waals surface area contributed by atoms with Gasteiger partial charge in [0, 0.05) is 17.8 Å². The number of hydrogen-bond acceptors (Lipinski definition) is 4. The summed E-state index contributed by atoms with van der Waals surface area (Å²) in [4.78, 5) is 18.1. The van der Waals surface area contributed by atoms with Gasteiger partial charge < -0.3 is 9.84 Å². The van der Waals surface area contributed by atoms with E-state index in [1.165, 1.54) is 4.68 Å². The summed E-state index contributed by atoms with van der Waals surface area (Å²) >= 11 is 0. The number of aromatic amines is 1. The van der Waals surface area contributed by atoms with Gasteiger partial charge in [-0.15, -0.1) is 0 Å². The fourth-order valence-electron chi connectivity index (χ4n) is 3.59. The van der Waals surface area contributed by atoms with Crippen molar-refractivity contribution in [2.75, 3.05) is 13.7 Å². The standard InChI is InChI=1S/C26H25N3O3/c1-18(27-17-16-19-8-12-22(30)13-9-19)24-25(20-6-4-3-5-7-20)28-29(26(24)31)21-10-14-23(32-2)15-11-21/h3-15,28,30H,16-17H2,1-2H3. The molecule has 3 aromatic carbocycles. The zero-order chi connectivity index (χ0) is 22.5. The molecule has 0 aliphatic heterocycles. The summed E-state index contributed by atoms with van der Waals surface area (Å²) in [5.74, 6) is 0.969. The Bertz CT molecular complexity index is 1270. The van der Waals surface area contributed by atoms with E-state index in [2.05, 4.69) is 5.10 Å². The van der Waals surface area contributed by atoms with Crippen LogP contribution in [0.2, 0.25) is 0 Å². The summed E-state index contributed by atoms with van der Waals surface area (Å²) in [7, 11) is 1.61. The van der Waals surface area contributed by atoms with Gasteiger partial charge in [-0.2, -0.15) is 0 Å². The molecule has 1 aromatic heterocycles. The molecule has 162 valence electrons. The molecule has 0 radical (unpaired) electrons. The monoisotopic (exact) mass is 427 g/mol. The lowest BCUT2D eigenvalue weighted by molar-refractivity contribution is 0.414. The Labute approximate surface area is 186 Å². The second-order valence-electron chi connectivity index (χ2n) is 7.45. The number of nitrogens with zero attached hydrogens (tertiary/aromatic N) is 2. The van der Waals surface area contributed by atoms with Gasteiger partial charge in [0.2, 0.25) is 0 Å². The van der Waals surface area contributed by atoms with Gasteiger partial charge >= 0.3 is 0 Å². The highest BCUT2D eigenvalue weighted by molar-refractivity contribution is 6.03. The van der Waals surface area contributed by atoms with E-state index in [9.17, 15) is 9.90 Å². The summed E-state index contributed by atoms with van der Waals surface area (Å²) in [6.07, 6.45) is 0.718. The number of nitrogens with one attached hydrogen (secondary N) is 1. The van der Waals surface area contributed by atoms with E-state index in [1.54, 1.807) is 19.2 Å². The average Bonchev–Trinajstić information content (AvgIpc) is 3.18. The van der Waals surface area contributed by atoms with Crippen LogP contribution in [0.3, 0.4) is 0 Å². The minimum atomic E-state index is -0.153. The summed E-state index contributed by atoms with van der Waals surface area (Å²) < 4.78 is 6.77. The number of rotatable bonds is 7. The van der Waals surface area contributed by atoms with Crippen molar-refractivity contribution in [3.8, 4) is 28.4 Å². The van der Waals surface area contributed by atoms with Crippen molar-refractivity contribution in [1.29, 1.82) is 0 Å². The molecule has 32 heavy (non-hydrogen) atoms. The number of hydrogen-bond donors (Lipinski definition) is 2. The van der Waals surface area contributed by atoms with Gasteiger partial charge in [0.25, 0.3) is 5.56 Å². The van der Waals surface area contributed by atoms with Crippen LogP contribution in [0.1, 0.15) is 18.1 Å². The Hall–Kier alpha value is -4.06. The first-order chi connectivity index (χ1) is 15.6. The zero-order valence-corrected chi connectivity index (χ0v) is 18.1. The van der Waals surface area contributed by atoms with E-state index in [1.807, 2.05) is 73.7 Å². The molecule has 0 saturated carbocycles. The second-order valence-corrected chi connectivity index (χ2v) is 7.45. The van der Waals surface area contributed by atoms with Crippen LogP contribution in [0.15, 0.2) is 88.6 Å². The van der Waals surface area contributed by atoms with Crippen molar-refractivity contribution in [2.45, 2.75) is 13.3 Å². The number of aromatic hydroxyl groups is 1. The summed E-state index contributed by atoms with van der Waals surface area (Å²) in [6.45, 7) is 2.41. The normalized spacial score (nSPS) is 11.5. The third-order valence-electron chi connectivity index (χ3n) is 5.33. The molecule has 0 amide bonds. The van der Waals surface area contributed by atoms with Crippen molar-refractivity contribution in [2.24, 2.45) is 4.99 Å². The molecule has 0 aliphatic rings. The first-order valence-corrected chi connectivity index (χ1v) is 10.4. The largest absolute Gasteiger partial charge is 0.508 e. The van der Waals surface area contributed by atoms with E-state index < -0.39 is 0 Å². The molecule has 6 heteroatoms. The third-order valence-corrected chi connectivity index (χ3v) is 5.33. The van der Waals surface area contributed by atoms with Gasteiger partial charge in [0.1, 0.15) is 11.5 Å². The smallest absolute Gasteiger partial charge is 0.280 e. The maximum absolute atomic E-state index is 13.4. The predicted octanol–water partition coefficient (Wildman–Crippen LogP) is 4.60. The number of H-pyrrole nitrogens is 1. The number of phenols is 1. The van der Waals surface area contributed by atoms with Crippen molar-refractivity contribution in [3.05, 3.63) is 100 Å². The molecule has 2 N–H and O–H groups in total. The Morgan fingerprint density at radius 2 is 1.69 bits per heavy atom. The van der Waals surface area contributed by atoms with E-state index in [4.69, 9.17) is 9.73 Å². The molecular weight excluding hydrogens is 402 g/mol. The van der Waals surface area contributed by atoms with Gasteiger partial charge in [-0.3, -0.25) is 14.9 Å². The Kier molecular flexibility index (Phi) is 6.22. The minimum absolute atomic E-state index is 0.153. The molecule has 0 bridgehead atoms. The molecule has 6 nitrogen and oxygen atoms in total. The predicted molar refractivity (Wildman–Crippen MR) is 127 cm³/mol. The van der Waals surface area contributed by atoms with Crippen LogP contribution in [0.4, 0.5) is 0 Å². The first kappa shape index (κ1) is 21.2. The van der Waals surface area contributed by atoms with Crippen LogP contribution in [-0.4, -0.2) is 34.3 Å². The maximum Gasteiger partial charge on any atom is 0.280 e. The Balaban J connectivity index is 1.71. The zero-order valence-electron chi connectivity index (χ0n) is 18.1. The van der Waals surface area contributed by atoms with Gasteiger partial charge in [0.05, 0.1) is 24.1 Å². The van der Waals surface area contributed by atoms with E-state index >= 15 is 0 Å². The SMILES string of the molecule is COc1ccc(-n2[nH]c(-c3ccccc3)c(C(C)=NCCc3ccc(O)cc3)c2=O)cc1. The van der Waals surface area contributed by atoms with E-state index in [0.717, 1.165) is 34.7 Å². The molecule has 0 unspecified atom stereocenters. The van der Waals surface area contributed by atoms with E-state index in [-0.39, 0.29) is 11.3 Å². The molecular formula is C26H25N3O3. The Morgan fingerprint density at radius 3 is 2.34 bits per heavy atom. The van der Waals surface area contributed by atoms with Gasteiger partial charge in [-0.25, -0.2) is 4.68 Å². The van der Waals surface area contributed by atoms with Crippen LogP contribution in [0.5, 0.6) is 11.5 Å². The first-order valence-electron chi connectivity index (χ1n) is 10.4. The number of methoxy groups -OCH3 is 1. The van der Waals surface area contributed by atoms with Crippen molar-refractivity contribution in [3.63, 3.8) is 0 Å². The lowest BCUT2D eigenvalue weighted by Crippen LogP contribution is -2.19. The highest BCUT2D eigenvalue weighted by Gasteiger charge is 2.19. The number of benzene rings is 3. The van der Waals surface area contributed by atoms with Crippen molar-refractivity contribution in [1.82, 2.24) is 9.78 Å². The fraction of sp³-hybridized carbons (Fsp3) is 0.154. The maximum atomic E-state index is 13.4. The molecule has 1 heterocycles.